The number of carbonyl (C=O) groups excluding carboxylic acids is 1. The van der Waals surface area contributed by atoms with E-state index in [0.29, 0.717) is 12.1 Å². The van der Waals surface area contributed by atoms with Gasteiger partial charge in [-0.2, -0.15) is 0 Å². The summed E-state index contributed by atoms with van der Waals surface area (Å²) in [5, 5.41) is 0. The van der Waals surface area contributed by atoms with Crippen LogP contribution in [0.25, 0.3) is 11.0 Å². The van der Waals surface area contributed by atoms with Gasteiger partial charge in [0.1, 0.15) is 5.82 Å². The zero-order valence-corrected chi connectivity index (χ0v) is 17.8. The topological polar surface area (TPSA) is 41.4 Å². The Balaban J connectivity index is 1.67. The molecule has 2 aliphatic heterocycles. The molecule has 4 rings (SSSR count). The van der Waals surface area contributed by atoms with E-state index in [1.54, 1.807) is 6.92 Å². The first-order valence-electron chi connectivity index (χ1n) is 10.9. The first-order valence-corrected chi connectivity index (χ1v) is 10.9. The van der Waals surface area contributed by atoms with Crippen molar-refractivity contribution in [1.29, 1.82) is 0 Å². The molecule has 3 heterocycles. The molecule has 2 atom stereocenters. The molecule has 152 valence electrons. The molecular weight excluding hydrogens is 348 g/mol. The van der Waals surface area contributed by atoms with Gasteiger partial charge in [-0.25, -0.2) is 4.98 Å². The lowest BCUT2D eigenvalue weighted by molar-refractivity contribution is -0.136. The Kier molecular flexibility index (Phi) is 5.21. The third-order valence-electron chi connectivity index (χ3n) is 6.95. The predicted molar refractivity (Wildman–Crippen MR) is 113 cm³/mol. The highest BCUT2D eigenvalue weighted by Crippen LogP contribution is 2.39. The lowest BCUT2D eigenvalue weighted by Gasteiger charge is -2.45. The van der Waals surface area contributed by atoms with Crippen molar-refractivity contribution < 1.29 is 4.79 Å². The number of imidazole rings is 1. The summed E-state index contributed by atoms with van der Waals surface area (Å²) in [7, 11) is 0. The lowest BCUT2D eigenvalue weighted by Crippen LogP contribution is -2.57. The maximum atomic E-state index is 12.4. The molecular formula is C23H34N4O. The van der Waals surface area contributed by atoms with Gasteiger partial charge in [0.2, 0.25) is 5.91 Å². The number of benzene rings is 1. The molecule has 0 spiro atoms. The van der Waals surface area contributed by atoms with Gasteiger partial charge in [0, 0.05) is 32.1 Å². The van der Waals surface area contributed by atoms with Crippen molar-refractivity contribution in [2.45, 2.75) is 84.0 Å². The largest absolute Gasteiger partial charge is 0.336 e. The number of rotatable bonds is 3. The number of hydrogen-bond acceptors (Lipinski definition) is 3. The summed E-state index contributed by atoms with van der Waals surface area (Å²) in [6, 6.07) is 9.24. The van der Waals surface area contributed by atoms with Gasteiger partial charge in [-0.3, -0.25) is 9.69 Å². The maximum absolute atomic E-state index is 12.4. The monoisotopic (exact) mass is 382 g/mol. The van der Waals surface area contributed by atoms with Gasteiger partial charge in [-0.1, -0.05) is 25.0 Å². The minimum atomic E-state index is -0.0546. The van der Waals surface area contributed by atoms with Crippen LogP contribution >= 0.6 is 0 Å². The van der Waals surface area contributed by atoms with Gasteiger partial charge in [-0.05, 0) is 52.2 Å². The number of nitrogens with zero attached hydrogens (tertiary/aromatic N) is 4. The van der Waals surface area contributed by atoms with Crippen LogP contribution in [0.3, 0.4) is 0 Å². The highest BCUT2D eigenvalue weighted by Gasteiger charge is 2.48. The number of para-hydroxylation sites is 2. The summed E-state index contributed by atoms with van der Waals surface area (Å²) >= 11 is 0. The zero-order valence-electron chi connectivity index (χ0n) is 17.8. The van der Waals surface area contributed by atoms with Gasteiger partial charge in [-0.15, -0.1) is 0 Å². The van der Waals surface area contributed by atoms with Crippen LogP contribution in [0.2, 0.25) is 0 Å². The third kappa shape index (κ3) is 3.24. The van der Waals surface area contributed by atoms with Gasteiger partial charge in [0.25, 0.3) is 0 Å². The van der Waals surface area contributed by atoms with Gasteiger partial charge in [0.15, 0.2) is 0 Å². The van der Waals surface area contributed by atoms with Gasteiger partial charge >= 0.3 is 0 Å². The summed E-state index contributed by atoms with van der Waals surface area (Å²) in [6.45, 7) is 11.3. The fraction of sp³-hybridized carbons (Fsp3) is 0.652. The summed E-state index contributed by atoms with van der Waals surface area (Å²) in [6.07, 6.45) is 5.82. The quantitative estimate of drug-likeness (QED) is 0.791. The van der Waals surface area contributed by atoms with E-state index in [9.17, 15) is 4.79 Å². The standard InChI is InChI=1S/C23H34N4O/c1-17(2)27-20-11-8-7-10-19(20)24-22(27)16-25-15-13-23(4)21(25)12-6-5-9-14-26(23)18(3)28/h7-8,10-11,17,21H,5-6,9,12-16H2,1-4H3/t21-,23-/m0/s1. The van der Waals surface area contributed by atoms with Crippen molar-refractivity contribution in [2.24, 2.45) is 0 Å². The first-order chi connectivity index (χ1) is 13.4. The maximum Gasteiger partial charge on any atom is 0.219 e. The highest BCUT2D eigenvalue weighted by atomic mass is 16.2. The molecule has 1 aromatic heterocycles. The van der Waals surface area contributed by atoms with E-state index < -0.39 is 0 Å². The molecule has 2 saturated heterocycles. The van der Waals surface area contributed by atoms with E-state index >= 15 is 0 Å². The Bertz CT molecular complexity index is 857. The lowest BCUT2D eigenvalue weighted by atomic mass is 9.85. The smallest absolute Gasteiger partial charge is 0.219 e. The highest BCUT2D eigenvalue weighted by molar-refractivity contribution is 5.76. The second-order valence-electron chi connectivity index (χ2n) is 9.09. The third-order valence-corrected chi connectivity index (χ3v) is 6.95. The zero-order chi connectivity index (χ0) is 19.9. The summed E-state index contributed by atoms with van der Waals surface area (Å²) in [5.41, 5.74) is 2.25. The SMILES string of the molecule is CC(=O)N1CCCCC[C@@H]2N(Cc3nc4ccccc4n3C(C)C)CC[C@@]21C. The molecule has 1 aromatic carbocycles. The minimum absolute atomic E-state index is 0.0546. The van der Waals surface area contributed by atoms with Crippen LogP contribution in [0.15, 0.2) is 24.3 Å². The first kappa shape index (κ1) is 19.4. The fourth-order valence-corrected chi connectivity index (χ4v) is 5.60. The fourth-order valence-electron chi connectivity index (χ4n) is 5.60. The molecule has 2 aromatic rings. The van der Waals surface area contributed by atoms with Crippen LogP contribution in [0.1, 0.15) is 71.7 Å². The molecule has 0 aliphatic carbocycles. The molecule has 28 heavy (non-hydrogen) atoms. The molecule has 2 fully saturated rings. The summed E-state index contributed by atoms with van der Waals surface area (Å²) in [4.78, 5) is 22.2. The van der Waals surface area contributed by atoms with E-state index in [2.05, 4.69) is 59.4 Å². The van der Waals surface area contributed by atoms with E-state index in [1.807, 2.05) is 0 Å². The molecule has 0 N–H and O–H groups in total. The summed E-state index contributed by atoms with van der Waals surface area (Å²) < 4.78 is 2.39. The second-order valence-corrected chi connectivity index (χ2v) is 9.09. The summed E-state index contributed by atoms with van der Waals surface area (Å²) in [5.74, 6) is 1.38. The van der Waals surface area contributed by atoms with Crippen molar-refractivity contribution in [3.63, 3.8) is 0 Å². The Labute approximate surface area is 168 Å². The Morgan fingerprint density at radius 1 is 1.21 bits per heavy atom. The van der Waals surface area contributed by atoms with Gasteiger partial charge in [0.05, 0.1) is 23.1 Å². The van der Waals surface area contributed by atoms with Crippen LogP contribution in [0.5, 0.6) is 0 Å². The number of hydrogen-bond donors (Lipinski definition) is 0. The van der Waals surface area contributed by atoms with Crippen molar-refractivity contribution in [1.82, 2.24) is 19.4 Å². The number of likely N-dealkylation sites (tertiary alicyclic amines) is 2. The molecule has 0 saturated carbocycles. The normalized spacial score (nSPS) is 26.5. The molecule has 5 nitrogen and oxygen atoms in total. The minimum Gasteiger partial charge on any atom is -0.336 e. The molecule has 0 radical (unpaired) electrons. The predicted octanol–water partition coefficient (Wildman–Crippen LogP) is 4.37. The van der Waals surface area contributed by atoms with E-state index in [-0.39, 0.29) is 11.4 Å². The van der Waals surface area contributed by atoms with Gasteiger partial charge < -0.3 is 9.47 Å². The van der Waals surface area contributed by atoms with Crippen LogP contribution in [0, 0.1) is 0 Å². The van der Waals surface area contributed by atoms with E-state index in [0.717, 1.165) is 43.8 Å². The Morgan fingerprint density at radius 2 is 2.00 bits per heavy atom. The van der Waals surface area contributed by atoms with Crippen LogP contribution in [0.4, 0.5) is 0 Å². The number of fused-ring (bicyclic) bond motifs is 2. The molecule has 0 unspecified atom stereocenters. The number of amides is 1. The van der Waals surface area contributed by atoms with Crippen molar-refractivity contribution >= 4 is 16.9 Å². The number of aromatic nitrogens is 2. The number of carbonyl (C=O) groups is 1. The van der Waals surface area contributed by atoms with E-state index in [4.69, 9.17) is 4.98 Å². The Hall–Kier alpha value is -1.88. The van der Waals surface area contributed by atoms with Crippen molar-refractivity contribution in [3.8, 4) is 0 Å². The van der Waals surface area contributed by atoms with Crippen LogP contribution in [-0.4, -0.2) is 49.9 Å². The second kappa shape index (κ2) is 7.51. The molecule has 1 amide bonds. The molecule has 2 aliphatic rings. The average molecular weight is 383 g/mol. The van der Waals surface area contributed by atoms with Crippen molar-refractivity contribution in [3.05, 3.63) is 30.1 Å². The van der Waals surface area contributed by atoms with Crippen LogP contribution < -0.4 is 0 Å². The average Bonchev–Trinajstić information content (AvgIpc) is 3.14. The molecule has 5 heteroatoms. The molecule has 0 bridgehead atoms. The van der Waals surface area contributed by atoms with Crippen molar-refractivity contribution in [2.75, 3.05) is 13.1 Å². The van der Waals surface area contributed by atoms with E-state index in [1.165, 1.54) is 24.8 Å². The van der Waals surface area contributed by atoms with Crippen LogP contribution in [-0.2, 0) is 11.3 Å². The Morgan fingerprint density at radius 3 is 2.75 bits per heavy atom.